The van der Waals surface area contributed by atoms with Crippen molar-refractivity contribution in [1.82, 2.24) is 0 Å². The number of benzene rings is 3. The highest BCUT2D eigenvalue weighted by Crippen LogP contribution is 2.38. The molecule has 1 amide bonds. The molecular formula is C29H22ClNO6. The van der Waals surface area contributed by atoms with Gasteiger partial charge in [-0.25, -0.2) is 0 Å². The van der Waals surface area contributed by atoms with Crippen molar-refractivity contribution < 1.29 is 28.5 Å². The van der Waals surface area contributed by atoms with Crippen molar-refractivity contribution in [3.8, 4) is 46.7 Å². The largest absolute Gasteiger partial charge is 0.493 e. The summed E-state index contributed by atoms with van der Waals surface area (Å²) in [7, 11) is 0. The number of halogens is 1. The van der Waals surface area contributed by atoms with Gasteiger partial charge in [0.2, 0.25) is 6.79 Å². The van der Waals surface area contributed by atoms with E-state index in [1.165, 1.54) is 4.90 Å². The number of amides is 1. The summed E-state index contributed by atoms with van der Waals surface area (Å²) in [6, 6.07) is 17.4. The Morgan fingerprint density at radius 3 is 2.24 bits per heavy atom. The van der Waals surface area contributed by atoms with E-state index < -0.39 is 11.1 Å². The number of hydrogen-bond donors (Lipinski definition) is 0. The Morgan fingerprint density at radius 2 is 1.49 bits per heavy atom. The summed E-state index contributed by atoms with van der Waals surface area (Å²) in [5.41, 5.74) is 1.92. The van der Waals surface area contributed by atoms with Crippen LogP contribution in [-0.4, -0.2) is 31.2 Å². The Bertz CT molecular complexity index is 1460. The fourth-order valence-corrected chi connectivity index (χ4v) is 3.64. The van der Waals surface area contributed by atoms with Gasteiger partial charge in [-0.1, -0.05) is 24.0 Å². The van der Waals surface area contributed by atoms with Gasteiger partial charge in [-0.15, -0.1) is 0 Å². The number of hydrogen-bond acceptors (Lipinski definition) is 6. The molecule has 1 aliphatic heterocycles. The Labute approximate surface area is 219 Å². The number of nitrogens with zero attached hydrogens (tertiary/aromatic N) is 1. The lowest BCUT2D eigenvalue weighted by atomic mass is 10.1. The van der Waals surface area contributed by atoms with Crippen LogP contribution in [0.1, 0.15) is 25.0 Å². The van der Waals surface area contributed by atoms with E-state index in [1.807, 2.05) is 26.0 Å². The van der Waals surface area contributed by atoms with Crippen LogP contribution in [0.3, 0.4) is 0 Å². The third kappa shape index (κ3) is 6.16. The molecule has 1 aliphatic rings. The normalized spacial score (nSPS) is 10.9. The molecule has 0 aliphatic carbocycles. The maximum absolute atomic E-state index is 13.6. The van der Waals surface area contributed by atoms with Gasteiger partial charge < -0.3 is 18.9 Å². The zero-order valence-electron chi connectivity index (χ0n) is 20.2. The summed E-state index contributed by atoms with van der Waals surface area (Å²) in [4.78, 5) is 26.3. The fourth-order valence-electron chi connectivity index (χ4n) is 3.59. The standard InChI is InChI=1S/C29H22ClNO6/c1-3-34-24-8-6-5-7-20(24)10-16-29(33)31(23-12-14-26-27(18-23)37-19-36-26)22-11-13-25(35-4-2)21(17-22)9-15-28(30)32/h5-8,11-14,17-18H,3-4,19H2,1-2H3. The zero-order chi connectivity index (χ0) is 26.2. The first-order valence-electron chi connectivity index (χ1n) is 11.5. The lowest BCUT2D eigenvalue weighted by Gasteiger charge is -2.22. The van der Waals surface area contributed by atoms with Crippen LogP contribution in [0.15, 0.2) is 60.7 Å². The van der Waals surface area contributed by atoms with Crippen molar-refractivity contribution in [2.75, 3.05) is 24.9 Å². The van der Waals surface area contributed by atoms with Crippen molar-refractivity contribution in [2.45, 2.75) is 13.8 Å². The molecule has 0 saturated heterocycles. The average molecular weight is 516 g/mol. The number of para-hydroxylation sites is 1. The van der Waals surface area contributed by atoms with Gasteiger partial charge in [-0.05, 0) is 73.8 Å². The maximum atomic E-state index is 13.6. The predicted molar refractivity (Wildman–Crippen MR) is 140 cm³/mol. The molecule has 0 N–H and O–H groups in total. The third-order valence-corrected chi connectivity index (χ3v) is 5.22. The summed E-state index contributed by atoms with van der Waals surface area (Å²) in [5.74, 6) is 12.3. The minimum atomic E-state index is -0.810. The molecule has 1 heterocycles. The summed E-state index contributed by atoms with van der Waals surface area (Å²) < 4.78 is 22.2. The number of carbonyl (C=O) groups excluding carboxylic acids is 2. The number of carbonyl (C=O) groups is 2. The van der Waals surface area contributed by atoms with Gasteiger partial charge in [0, 0.05) is 12.0 Å². The second-order valence-corrected chi connectivity index (χ2v) is 7.84. The third-order valence-electron chi connectivity index (χ3n) is 5.13. The Kier molecular flexibility index (Phi) is 8.20. The van der Waals surface area contributed by atoms with Crippen LogP contribution >= 0.6 is 11.6 Å². The molecule has 0 aromatic heterocycles. The molecule has 186 valence electrons. The van der Waals surface area contributed by atoms with Gasteiger partial charge in [0.05, 0.1) is 35.7 Å². The first-order valence-corrected chi connectivity index (χ1v) is 11.8. The van der Waals surface area contributed by atoms with Crippen LogP contribution in [0.25, 0.3) is 0 Å². The maximum Gasteiger partial charge on any atom is 0.307 e. The van der Waals surface area contributed by atoms with Gasteiger partial charge in [0.1, 0.15) is 11.5 Å². The lowest BCUT2D eigenvalue weighted by Crippen LogP contribution is -2.24. The predicted octanol–water partition coefficient (Wildman–Crippen LogP) is 5.05. The van der Waals surface area contributed by atoms with E-state index >= 15 is 0 Å². The second-order valence-electron chi connectivity index (χ2n) is 7.49. The van der Waals surface area contributed by atoms with Gasteiger partial charge in [0.15, 0.2) is 11.5 Å². The smallest absolute Gasteiger partial charge is 0.307 e. The van der Waals surface area contributed by atoms with Crippen LogP contribution in [0.5, 0.6) is 23.0 Å². The number of fused-ring (bicyclic) bond motifs is 1. The highest BCUT2D eigenvalue weighted by Gasteiger charge is 2.22. The number of ether oxygens (including phenoxy) is 4. The first kappa shape index (κ1) is 25.5. The molecule has 37 heavy (non-hydrogen) atoms. The van der Waals surface area contributed by atoms with Crippen molar-refractivity contribution in [2.24, 2.45) is 0 Å². The van der Waals surface area contributed by atoms with E-state index in [2.05, 4.69) is 23.7 Å². The minimum absolute atomic E-state index is 0.0933. The van der Waals surface area contributed by atoms with Gasteiger partial charge in [0.25, 0.3) is 5.24 Å². The van der Waals surface area contributed by atoms with Gasteiger partial charge in [-0.2, -0.15) is 0 Å². The number of rotatable bonds is 6. The van der Waals surface area contributed by atoms with E-state index in [-0.39, 0.29) is 6.79 Å². The molecule has 3 aromatic rings. The van der Waals surface area contributed by atoms with Crippen LogP contribution in [0.4, 0.5) is 11.4 Å². The van der Waals surface area contributed by atoms with E-state index in [4.69, 9.17) is 30.5 Å². The van der Waals surface area contributed by atoms with Gasteiger partial charge in [-0.3, -0.25) is 14.5 Å². The van der Waals surface area contributed by atoms with Gasteiger partial charge >= 0.3 is 5.91 Å². The molecule has 3 aromatic carbocycles. The van der Waals surface area contributed by atoms with Crippen molar-refractivity contribution >= 4 is 34.1 Å². The molecule has 4 rings (SSSR count). The summed E-state index contributed by atoms with van der Waals surface area (Å²) in [5, 5.41) is -0.810. The topological polar surface area (TPSA) is 74.3 Å². The quantitative estimate of drug-likeness (QED) is 0.338. The molecule has 0 saturated carbocycles. The fraction of sp³-hybridized carbons (Fsp3) is 0.172. The van der Waals surface area contributed by atoms with Crippen LogP contribution < -0.4 is 23.8 Å². The molecule has 0 radical (unpaired) electrons. The molecule has 0 fully saturated rings. The Morgan fingerprint density at radius 1 is 0.838 bits per heavy atom. The zero-order valence-corrected chi connectivity index (χ0v) is 20.9. The first-order chi connectivity index (χ1) is 18.0. The number of anilines is 2. The Hall–Kier alpha value is -4.59. The van der Waals surface area contributed by atoms with Crippen LogP contribution in [0, 0.1) is 23.7 Å². The molecule has 0 spiro atoms. The van der Waals surface area contributed by atoms with Crippen molar-refractivity contribution in [1.29, 1.82) is 0 Å². The lowest BCUT2D eigenvalue weighted by molar-refractivity contribution is -0.112. The molecule has 0 unspecified atom stereocenters. The summed E-state index contributed by atoms with van der Waals surface area (Å²) in [6.45, 7) is 4.65. The van der Waals surface area contributed by atoms with E-state index in [0.717, 1.165) is 0 Å². The highest BCUT2D eigenvalue weighted by molar-refractivity contribution is 6.68. The van der Waals surface area contributed by atoms with Crippen molar-refractivity contribution in [3.63, 3.8) is 0 Å². The summed E-state index contributed by atoms with van der Waals surface area (Å²) in [6.07, 6.45) is 0. The minimum Gasteiger partial charge on any atom is -0.493 e. The van der Waals surface area contributed by atoms with E-state index in [0.29, 0.717) is 58.7 Å². The van der Waals surface area contributed by atoms with Crippen LogP contribution in [-0.2, 0) is 9.59 Å². The monoisotopic (exact) mass is 515 g/mol. The highest BCUT2D eigenvalue weighted by atomic mass is 35.5. The molecule has 0 atom stereocenters. The SMILES string of the molecule is CCOc1ccccc1C#CC(=O)N(c1ccc(OCC)c(C#CC(=O)Cl)c1)c1ccc2c(c1)OCO2. The molecule has 7 nitrogen and oxygen atoms in total. The average Bonchev–Trinajstić information content (AvgIpc) is 3.36. The second kappa shape index (κ2) is 11.9. The van der Waals surface area contributed by atoms with E-state index in [9.17, 15) is 9.59 Å². The molecule has 8 heteroatoms. The Balaban J connectivity index is 1.80. The summed E-state index contributed by atoms with van der Waals surface area (Å²) >= 11 is 5.42. The van der Waals surface area contributed by atoms with E-state index in [1.54, 1.807) is 48.5 Å². The molecule has 0 bridgehead atoms. The van der Waals surface area contributed by atoms with Crippen LogP contribution in [0.2, 0.25) is 0 Å². The molecular weight excluding hydrogens is 494 g/mol. The van der Waals surface area contributed by atoms with Crippen molar-refractivity contribution in [3.05, 3.63) is 71.8 Å².